The molecule has 0 saturated heterocycles. The van der Waals surface area contributed by atoms with Crippen LogP contribution in [0.3, 0.4) is 0 Å². The lowest BCUT2D eigenvalue weighted by Gasteiger charge is -2.21. The van der Waals surface area contributed by atoms with E-state index in [2.05, 4.69) is 36.4 Å². The molecule has 144 valence electrons. The standard InChI is InChI=1S/C18H37N3O2.HI/c1-5-22-17(15(2)3)11-13-21-18(19-4)20-12-8-14-23-16-9-6-7-10-16;/h15-17H,5-14H2,1-4H3,(H2,19,20,21);1H. The van der Waals surface area contributed by atoms with Crippen LogP contribution in [0.25, 0.3) is 0 Å². The predicted molar refractivity (Wildman–Crippen MR) is 112 cm³/mol. The zero-order valence-corrected chi connectivity index (χ0v) is 18.3. The van der Waals surface area contributed by atoms with E-state index in [1.165, 1.54) is 25.7 Å². The minimum atomic E-state index is 0. The molecule has 0 heterocycles. The first-order valence-electron chi connectivity index (χ1n) is 9.35. The highest BCUT2D eigenvalue weighted by molar-refractivity contribution is 14.0. The molecule has 5 nitrogen and oxygen atoms in total. The maximum atomic E-state index is 5.87. The quantitative estimate of drug-likeness (QED) is 0.217. The molecule has 2 N–H and O–H groups in total. The van der Waals surface area contributed by atoms with Gasteiger partial charge in [-0.25, -0.2) is 0 Å². The molecule has 1 atom stereocenters. The van der Waals surface area contributed by atoms with E-state index in [1.54, 1.807) is 0 Å². The van der Waals surface area contributed by atoms with Crippen LogP contribution >= 0.6 is 24.0 Å². The molecule has 0 aromatic rings. The number of nitrogens with one attached hydrogen (secondary N) is 2. The highest BCUT2D eigenvalue weighted by Gasteiger charge is 2.15. The van der Waals surface area contributed by atoms with Crippen molar-refractivity contribution in [3.8, 4) is 0 Å². The number of halogens is 1. The van der Waals surface area contributed by atoms with Gasteiger partial charge in [0.25, 0.3) is 0 Å². The zero-order valence-electron chi connectivity index (χ0n) is 16.0. The van der Waals surface area contributed by atoms with Gasteiger partial charge in [0, 0.05) is 33.4 Å². The minimum Gasteiger partial charge on any atom is -0.378 e. The highest BCUT2D eigenvalue weighted by atomic mass is 127. The first-order valence-corrected chi connectivity index (χ1v) is 9.35. The lowest BCUT2D eigenvalue weighted by molar-refractivity contribution is 0.0258. The number of rotatable bonds is 11. The Kier molecular flexibility index (Phi) is 15.1. The molecular formula is C18H38IN3O2. The normalized spacial score (nSPS) is 17.0. The van der Waals surface area contributed by atoms with Crippen LogP contribution in [0.2, 0.25) is 0 Å². The average molecular weight is 455 g/mol. The fourth-order valence-electron chi connectivity index (χ4n) is 2.96. The summed E-state index contributed by atoms with van der Waals surface area (Å²) < 4.78 is 11.6. The van der Waals surface area contributed by atoms with E-state index in [9.17, 15) is 0 Å². The van der Waals surface area contributed by atoms with Gasteiger partial charge in [-0.2, -0.15) is 0 Å². The summed E-state index contributed by atoms with van der Waals surface area (Å²) in [6.45, 7) is 9.85. The average Bonchev–Trinajstić information content (AvgIpc) is 3.05. The molecule has 1 fully saturated rings. The van der Waals surface area contributed by atoms with E-state index in [1.807, 2.05) is 7.05 Å². The SMILES string of the molecule is CCOC(CCNC(=NC)NCCCOC1CCCC1)C(C)C.I. The van der Waals surface area contributed by atoms with Crippen molar-refractivity contribution in [3.05, 3.63) is 0 Å². The monoisotopic (exact) mass is 455 g/mol. The van der Waals surface area contributed by atoms with Gasteiger partial charge in [-0.15, -0.1) is 24.0 Å². The third kappa shape index (κ3) is 10.7. The lowest BCUT2D eigenvalue weighted by Crippen LogP contribution is -2.40. The topological polar surface area (TPSA) is 54.9 Å². The summed E-state index contributed by atoms with van der Waals surface area (Å²) in [4.78, 5) is 4.26. The molecule has 1 aliphatic carbocycles. The Balaban J connectivity index is 0.00000529. The summed E-state index contributed by atoms with van der Waals surface area (Å²) >= 11 is 0. The Morgan fingerprint density at radius 1 is 1.17 bits per heavy atom. The van der Waals surface area contributed by atoms with Crippen LogP contribution in [-0.4, -0.2) is 51.5 Å². The number of guanidine groups is 1. The molecule has 0 aromatic heterocycles. The first-order chi connectivity index (χ1) is 11.2. The summed E-state index contributed by atoms with van der Waals surface area (Å²) in [6.07, 6.45) is 7.99. The second kappa shape index (κ2) is 15.2. The molecule has 24 heavy (non-hydrogen) atoms. The minimum absolute atomic E-state index is 0. The molecule has 6 heteroatoms. The second-order valence-electron chi connectivity index (χ2n) is 6.58. The van der Waals surface area contributed by atoms with Crippen molar-refractivity contribution in [2.75, 3.05) is 33.4 Å². The molecule has 0 amide bonds. The first kappa shape index (κ1) is 23.9. The molecule has 1 unspecified atom stereocenters. The van der Waals surface area contributed by atoms with Gasteiger partial charge < -0.3 is 20.1 Å². The Morgan fingerprint density at radius 2 is 1.83 bits per heavy atom. The van der Waals surface area contributed by atoms with Gasteiger partial charge in [0.1, 0.15) is 0 Å². The molecule has 1 saturated carbocycles. The van der Waals surface area contributed by atoms with Crippen LogP contribution in [0, 0.1) is 5.92 Å². The van der Waals surface area contributed by atoms with E-state index >= 15 is 0 Å². The number of hydrogen-bond donors (Lipinski definition) is 2. The van der Waals surface area contributed by atoms with Crippen molar-refractivity contribution in [2.45, 2.75) is 71.5 Å². The molecule has 1 aliphatic rings. The molecule has 0 aromatic carbocycles. The fourth-order valence-corrected chi connectivity index (χ4v) is 2.96. The van der Waals surface area contributed by atoms with E-state index in [0.717, 1.165) is 45.1 Å². The lowest BCUT2D eigenvalue weighted by atomic mass is 10.0. The zero-order chi connectivity index (χ0) is 16.9. The Bertz CT molecular complexity index is 321. The summed E-state index contributed by atoms with van der Waals surface area (Å²) in [7, 11) is 1.81. The van der Waals surface area contributed by atoms with Gasteiger partial charge in [0.2, 0.25) is 0 Å². The second-order valence-corrected chi connectivity index (χ2v) is 6.58. The van der Waals surface area contributed by atoms with Crippen LogP contribution in [0.4, 0.5) is 0 Å². The maximum Gasteiger partial charge on any atom is 0.190 e. The number of nitrogens with zero attached hydrogens (tertiary/aromatic N) is 1. The Hall–Kier alpha value is -0.0800. The van der Waals surface area contributed by atoms with E-state index < -0.39 is 0 Å². The molecule has 0 spiro atoms. The molecule has 0 bridgehead atoms. The van der Waals surface area contributed by atoms with E-state index in [4.69, 9.17) is 9.47 Å². The van der Waals surface area contributed by atoms with Gasteiger partial charge in [-0.05, 0) is 38.5 Å². The number of ether oxygens (including phenoxy) is 2. The third-order valence-corrected chi connectivity index (χ3v) is 4.34. The molecule has 1 rings (SSSR count). The van der Waals surface area contributed by atoms with Crippen molar-refractivity contribution in [1.29, 1.82) is 0 Å². The summed E-state index contributed by atoms with van der Waals surface area (Å²) in [6, 6.07) is 0. The van der Waals surface area contributed by atoms with Crippen molar-refractivity contribution < 1.29 is 9.47 Å². The van der Waals surface area contributed by atoms with Gasteiger partial charge in [0.05, 0.1) is 12.2 Å². The van der Waals surface area contributed by atoms with Crippen LogP contribution < -0.4 is 10.6 Å². The van der Waals surface area contributed by atoms with Crippen LogP contribution in [0.5, 0.6) is 0 Å². The van der Waals surface area contributed by atoms with Crippen molar-refractivity contribution in [1.82, 2.24) is 10.6 Å². The summed E-state index contributed by atoms with van der Waals surface area (Å²) in [5.41, 5.74) is 0. The maximum absolute atomic E-state index is 5.87. The van der Waals surface area contributed by atoms with Crippen molar-refractivity contribution in [3.63, 3.8) is 0 Å². The summed E-state index contributed by atoms with van der Waals surface area (Å²) in [5, 5.41) is 6.71. The van der Waals surface area contributed by atoms with Crippen molar-refractivity contribution in [2.24, 2.45) is 10.9 Å². The number of aliphatic imine (C=N–C) groups is 1. The molecular weight excluding hydrogens is 417 g/mol. The van der Waals surface area contributed by atoms with Gasteiger partial charge in [-0.3, -0.25) is 4.99 Å². The molecule has 0 aliphatic heterocycles. The van der Waals surface area contributed by atoms with Gasteiger partial charge in [0.15, 0.2) is 5.96 Å². The Morgan fingerprint density at radius 3 is 2.42 bits per heavy atom. The van der Waals surface area contributed by atoms with Crippen LogP contribution in [-0.2, 0) is 9.47 Å². The molecule has 0 radical (unpaired) electrons. The van der Waals surface area contributed by atoms with Crippen LogP contribution in [0.15, 0.2) is 4.99 Å². The van der Waals surface area contributed by atoms with E-state index in [-0.39, 0.29) is 24.0 Å². The summed E-state index contributed by atoms with van der Waals surface area (Å²) in [5.74, 6) is 1.41. The highest BCUT2D eigenvalue weighted by Crippen LogP contribution is 2.20. The predicted octanol–water partition coefficient (Wildman–Crippen LogP) is 3.57. The number of hydrogen-bond acceptors (Lipinski definition) is 3. The fraction of sp³-hybridized carbons (Fsp3) is 0.944. The largest absolute Gasteiger partial charge is 0.378 e. The smallest absolute Gasteiger partial charge is 0.190 e. The van der Waals surface area contributed by atoms with Gasteiger partial charge >= 0.3 is 0 Å². The van der Waals surface area contributed by atoms with Crippen LogP contribution in [0.1, 0.15) is 59.3 Å². The van der Waals surface area contributed by atoms with Gasteiger partial charge in [-0.1, -0.05) is 26.7 Å². The Labute approximate surface area is 165 Å². The van der Waals surface area contributed by atoms with Crippen molar-refractivity contribution >= 4 is 29.9 Å². The third-order valence-electron chi connectivity index (χ3n) is 4.34. The van der Waals surface area contributed by atoms with E-state index in [0.29, 0.717) is 18.1 Å².